The molecule has 0 bridgehead atoms. The van der Waals surface area contributed by atoms with Gasteiger partial charge in [-0.2, -0.15) is 4.98 Å². The zero-order valence-electron chi connectivity index (χ0n) is 15.6. The maximum absolute atomic E-state index is 12.6. The van der Waals surface area contributed by atoms with Crippen LogP contribution in [0.5, 0.6) is 5.75 Å². The second kappa shape index (κ2) is 8.63. The molecule has 1 atom stereocenters. The fraction of sp³-hybridized carbons (Fsp3) is 0.250. The monoisotopic (exact) mass is 419 g/mol. The fourth-order valence-electron chi connectivity index (χ4n) is 2.59. The first-order valence-corrected chi connectivity index (χ1v) is 9.38. The van der Waals surface area contributed by atoms with Crippen molar-refractivity contribution in [2.45, 2.75) is 19.9 Å². The Bertz CT molecular complexity index is 971. The highest BCUT2D eigenvalue weighted by atomic mass is 35.5. The SMILES string of the molecule is COc1ccc(-c2noc(C(NC(=O)c3ccc(Cl)c(Cl)c3)C(C)C)n2)cc1. The maximum atomic E-state index is 12.6. The third-order valence-corrected chi connectivity index (χ3v) is 4.93. The van der Waals surface area contributed by atoms with Crippen LogP contribution in [-0.4, -0.2) is 23.2 Å². The van der Waals surface area contributed by atoms with Crippen LogP contribution < -0.4 is 10.1 Å². The summed E-state index contributed by atoms with van der Waals surface area (Å²) in [6.07, 6.45) is 0. The van der Waals surface area contributed by atoms with E-state index in [-0.39, 0.29) is 11.8 Å². The summed E-state index contributed by atoms with van der Waals surface area (Å²) in [5.74, 6) is 1.22. The third-order valence-electron chi connectivity index (χ3n) is 4.19. The molecule has 0 fully saturated rings. The van der Waals surface area contributed by atoms with Gasteiger partial charge in [0.1, 0.15) is 11.8 Å². The number of aromatic nitrogens is 2. The number of carbonyl (C=O) groups is 1. The van der Waals surface area contributed by atoms with Crippen molar-refractivity contribution in [3.05, 3.63) is 64.0 Å². The van der Waals surface area contributed by atoms with Gasteiger partial charge in [0.2, 0.25) is 11.7 Å². The van der Waals surface area contributed by atoms with E-state index in [1.165, 1.54) is 6.07 Å². The van der Waals surface area contributed by atoms with E-state index >= 15 is 0 Å². The van der Waals surface area contributed by atoms with Gasteiger partial charge in [0.25, 0.3) is 5.91 Å². The van der Waals surface area contributed by atoms with Crippen LogP contribution in [0, 0.1) is 5.92 Å². The van der Waals surface area contributed by atoms with E-state index in [4.69, 9.17) is 32.5 Å². The topological polar surface area (TPSA) is 77.3 Å². The molecule has 0 saturated carbocycles. The van der Waals surface area contributed by atoms with Crippen molar-refractivity contribution in [1.82, 2.24) is 15.5 Å². The highest BCUT2D eigenvalue weighted by Crippen LogP contribution is 2.26. The number of nitrogens with one attached hydrogen (secondary N) is 1. The second-order valence-corrected chi connectivity index (χ2v) is 7.32. The van der Waals surface area contributed by atoms with Gasteiger partial charge >= 0.3 is 0 Å². The number of benzene rings is 2. The second-order valence-electron chi connectivity index (χ2n) is 6.51. The normalized spacial score (nSPS) is 12.1. The zero-order chi connectivity index (χ0) is 20.3. The maximum Gasteiger partial charge on any atom is 0.251 e. The smallest absolute Gasteiger partial charge is 0.251 e. The summed E-state index contributed by atoms with van der Waals surface area (Å²) in [6.45, 7) is 3.91. The molecule has 3 rings (SSSR count). The summed E-state index contributed by atoms with van der Waals surface area (Å²) in [6, 6.07) is 11.6. The molecular formula is C20H19Cl2N3O3. The highest BCUT2D eigenvalue weighted by Gasteiger charge is 2.25. The van der Waals surface area contributed by atoms with Crippen molar-refractivity contribution in [3.63, 3.8) is 0 Å². The summed E-state index contributed by atoms with van der Waals surface area (Å²) >= 11 is 11.9. The average Bonchev–Trinajstić information content (AvgIpc) is 3.17. The summed E-state index contributed by atoms with van der Waals surface area (Å²) < 4.78 is 10.6. The minimum absolute atomic E-state index is 0.0240. The molecule has 146 valence electrons. The molecule has 0 radical (unpaired) electrons. The van der Waals surface area contributed by atoms with Crippen LogP contribution in [0.4, 0.5) is 0 Å². The number of rotatable bonds is 6. The van der Waals surface area contributed by atoms with Crippen LogP contribution in [0.1, 0.15) is 36.1 Å². The average molecular weight is 420 g/mol. The Kier molecular flexibility index (Phi) is 6.21. The molecular weight excluding hydrogens is 401 g/mol. The fourth-order valence-corrected chi connectivity index (χ4v) is 2.89. The summed E-state index contributed by atoms with van der Waals surface area (Å²) in [5, 5.41) is 7.66. The van der Waals surface area contributed by atoms with Crippen molar-refractivity contribution in [1.29, 1.82) is 0 Å². The van der Waals surface area contributed by atoms with Crippen LogP contribution in [-0.2, 0) is 0 Å². The van der Waals surface area contributed by atoms with Gasteiger partial charge in [-0.05, 0) is 48.4 Å². The number of methoxy groups -OCH3 is 1. The molecule has 0 saturated heterocycles. The molecule has 2 aromatic carbocycles. The lowest BCUT2D eigenvalue weighted by molar-refractivity contribution is 0.0914. The van der Waals surface area contributed by atoms with Crippen molar-refractivity contribution >= 4 is 29.1 Å². The summed E-state index contributed by atoms with van der Waals surface area (Å²) in [5.41, 5.74) is 1.18. The van der Waals surface area contributed by atoms with Crippen LogP contribution in [0.25, 0.3) is 11.4 Å². The van der Waals surface area contributed by atoms with E-state index in [9.17, 15) is 4.79 Å². The van der Waals surface area contributed by atoms with Gasteiger partial charge in [0, 0.05) is 11.1 Å². The minimum Gasteiger partial charge on any atom is -0.497 e. The Morgan fingerprint density at radius 2 is 1.82 bits per heavy atom. The van der Waals surface area contributed by atoms with E-state index in [1.807, 2.05) is 38.1 Å². The molecule has 0 spiro atoms. The van der Waals surface area contributed by atoms with E-state index in [0.717, 1.165) is 11.3 Å². The molecule has 3 aromatic rings. The van der Waals surface area contributed by atoms with Gasteiger partial charge in [0.05, 0.1) is 17.2 Å². The first-order chi connectivity index (χ1) is 13.4. The van der Waals surface area contributed by atoms with Gasteiger partial charge in [-0.3, -0.25) is 4.79 Å². The highest BCUT2D eigenvalue weighted by molar-refractivity contribution is 6.42. The molecule has 0 aliphatic carbocycles. The Labute approximate surface area is 172 Å². The van der Waals surface area contributed by atoms with E-state index < -0.39 is 6.04 Å². The Balaban J connectivity index is 1.81. The largest absolute Gasteiger partial charge is 0.497 e. The molecule has 1 heterocycles. The minimum atomic E-state index is -0.457. The molecule has 28 heavy (non-hydrogen) atoms. The van der Waals surface area contributed by atoms with E-state index in [0.29, 0.717) is 27.3 Å². The molecule has 1 unspecified atom stereocenters. The first kappa shape index (κ1) is 20.2. The zero-order valence-corrected chi connectivity index (χ0v) is 17.1. The number of hydrogen-bond donors (Lipinski definition) is 1. The predicted molar refractivity (Wildman–Crippen MR) is 108 cm³/mol. The number of ether oxygens (including phenoxy) is 1. The predicted octanol–water partition coefficient (Wildman–Crippen LogP) is 5.18. The van der Waals surface area contributed by atoms with Crippen molar-refractivity contribution in [2.75, 3.05) is 7.11 Å². The Hall–Kier alpha value is -2.57. The van der Waals surface area contributed by atoms with E-state index in [1.54, 1.807) is 19.2 Å². The van der Waals surface area contributed by atoms with Gasteiger partial charge < -0.3 is 14.6 Å². The lowest BCUT2D eigenvalue weighted by Crippen LogP contribution is -2.32. The van der Waals surface area contributed by atoms with Gasteiger partial charge in [0.15, 0.2) is 0 Å². The number of amides is 1. The molecule has 8 heteroatoms. The van der Waals surface area contributed by atoms with Gasteiger partial charge in [-0.1, -0.05) is 42.2 Å². The van der Waals surface area contributed by atoms with Crippen LogP contribution >= 0.6 is 23.2 Å². The first-order valence-electron chi connectivity index (χ1n) is 8.63. The molecule has 0 aliphatic rings. The van der Waals surface area contributed by atoms with Crippen LogP contribution in [0.3, 0.4) is 0 Å². The molecule has 1 aromatic heterocycles. The summed E-state index contributed by atoms with van der Waals surface area (Å²) in [4.78, 5) is 17.1. The van der Waals surface area contributed by atoms with Crippen molar-refractivity contribution in [2.24, 2.45) is 5.92 Å². The van der Waals surface area contributed by atoms with Crippen molar-refractivity contribution in [3.8, 4) is 17.1 Å². The number of carbonyl (C=O) groups excluding carboxylic acids is 1. The molecule has 0 aliphatic heterocycles. The quantitative estimate of drug-likeness (QED) is 0.595. The van der Waals surface area contributed by atoms with Crippen LogP contribution in [0.15, 0.2) is 47.0 Å². The molecule has 1 N–H and O–H groups in total. The van der Waals surface area contributed by atoms with Gasteiger partial charge in [-0.25, -0.2) is 0 Å². The standard InChI is InChI=1S/C20H19Cl2N3O3/c1-11(2)17(23-19(26)13-6-9-15(21)16(22)10-13)20-24-18(25-28-20)12-4-7-14(27-3)8-5-12/h4-11,17H,1-3H3,(H,23,26). The number of halogens is 2. The number of hydrogen-bond acceptors (Lipinski definition) is 5. The Morgan fingerprint density at radius 3 is 2.43 bits per heavy atom. The third kappa shape index (κ3) is 4.46. The lowest BCUT2D eigenvalue weighted by Gasteiger charge is -2.18. The molecule has 1 amide bonds. The van der Waals surface area contributed by atoms with Crippen LogP contribution in [0.2, 0.25) is 10.0 Å². The lowest BCUT2D eigenvalue weighted by atomic mass is 10.0. The number of nitrogens with zero attached hydrogens (tertiary/aromatic N) is 2. The van der Waals surface area contributed by atoms with Gasteiger partial charge in [-0.15, -0.1) is 0 Å². The summed E-state index contributed by atoms with van der Waals surface area (Å²) in [7, 11) is 1.60. The molecule has 6 nitrogen and oxygen atoms in total. The van der Waals surface area contributed by atoms with Crippen molar-refractivity contribution < 1.29 is 14.1 Å². The van der Waals surface area contributed by atoms with E-state index in [2.05, 4.69) is 15.5 Å². The Morgan fingerprint density at radius 1 is 1.11 bits per heavy atom.